The average molecular weight is 269 g/mol. The van der Waals surface area contributed by atoms with E-state index >= 15 is 0 Å². The standard InChI is InChI=1S/C14H15N5O/c1-15-13-11(6-5-9-16-13)10-17-19-14(20)18-12-7-3-2-4-8-12/h2-10H,1H3,(H,15,16)(H2,18,19,20)/b17-10+. The number of carbonyl (C=O) groups excluding carboxylic acids is 1. The zero-order valence-corrected chi connectivity index (χ0v) is 11.0. The fourth-order valence-corrected chi connectivity index (χ4v) is 1.57. The van der Waals surface area contributed by atoms with E-state index in [9.17, 15) is 4.79 Å². The van der Waals surface area contributed by atoms with E-state index in [-0.39, 0.29) is 0 Å². The van der Waals surface area contributed by atoms with E-state index in [0.29, 0.717) is 11.5 Å². The Morgan fingerprint density at radius 2 is 2.00 bits per heavy atom. The lowest BCUT2D eigenvalue weighted by Gasteiger charge is -2.04. The summed E-state index contributed by atoms with van der Waals surface area (Å²) >= 11 is 0. The maximum Gasteiger partial charge on any atom is 0.339 e. The number of carbonyl (C=O) groups is 1. The minimum absolute atomic E-state index is 0.401. The number of pyridine rings is 1. The summed E-state index contributed by atoms with van der Waals surface area (Å²) in [6.07, 6.45) is 3.21. The van der Waals surface area contributed by atoms with Crippen molar-refractivity contribution in [1.82, 2.24) is 10.4 Å². The average Bonchev–Trinajstić information content (AvgIpc) is 2.49. The van der Waals surface area contributed by atoms with Crippen LogP contribution in [0.25, 0.3) is 0 Å². The van der Waals surface area contributed by atoms with E-state index in [1.807, 2.05) is 24.3 Å². The normalized spacial score (nSPS) is 10.2. The van der Waals surface area contributed by atoms with Gasteiger partial charge in [0.05, 0.1) is 6.21 Å². The highest BCUT2D eigenvalue weighted by atomic mass is 16.2. The summed E-state index contributed by atoms with van der Waals surface area (Å²) in [6.45, 7) is 0. The summed E-state index contributed by atoms with van der Waals surface area (Å²) in [5, 5.41) is 9.48. The van der Waals surface area contributed by atoms with Gasteiger partial charge in [-0.15, -0.1) is 0 Å². The van der Waals surface area contributed by atoms with Crippen LogP contribution in [0, 0.1) is 0 Å². The van der Waals surface area contributed by atoms with Crippen LogP contribution in [-0.4, -0.2) is 24.3 Å². The van der Waals surface area contributed by atoms with Crippen LogP contribution in [0.4, 0.5) is 16.3 Å². The third-order valence-electron chi connectivity index (χ3n) is 2.48. The minimum Gasteiger partial charge on any atom is -0.373 e. The lowest BCUT2D eigenvalue weighted by molar-refractivity contribution is 0.252. The van der Waals surface area contributed by atoms with Crippen molar-refractivity contribution in [3.8, 4) is 0 Å². The first-order valence-corrected chi connectivity index (χ1v) is 6.07. The third kappa shape index (κ3) is 3.81. The molecule has 0 atom stereocenters. The predicted octanol–water partition coefficient (Wildman–Crippen LogP) is 2.28. The molecule has 0 aliphatic carbocycles. The van der Waals surface area contributed by atoms with Crippen molar-refractivity contribution in [2.24, 2.45) is 5.10 Å². The van der Waals surface area contributed by atoms with E-state index in [4.69, 9.17) is 0 Å². The summed E-state index contributed by atoms with van der Waals surface area (Å²) in [4.78, 5) is 15.7. The van der Waals surface area contributed by atoms with Gasteiger partial charge in [0, 0.05) is 24.5 Å². The van der Waals surface area contributed by atoms with Crippen LogP contribution in [0.5, 0.6) is 0 Å². The monoisotopic (exact) mass is 269 g/mol. The number of hydrazone groups is 1. The van der Waals surface area contributed by atoms with Gasteiger partial charge in [-0.25, -0.2) is 15.2 Å². The van der Waals surface area contributed by atoms with Crippen LogP contribution in [0.1, 0.15) is 5.56 Å². The Bertz CT molecular complexity index is 598. The summed E-state index contributed by atoms with van der Waals surface area (Å²) in [5.41, 5.74) is 3.89. The number of anilines is 2. The molecule has 2 amide bonds. The first-order valence-electron chi connectivity index (χ1n) is 6.07. The van der Waals surface area contributed by atoms with Crippen molar-refractivity contribution < 1.29 is 4.79 Å². The van der Waals surface area contributed by atoms with Crippen LogP contribution in [0.2, 0.25) is 0 Å². The number of nitrogens with zero attached hydrogens (tertiary/aromatic N) is 2. The maximum atomic E-state index is 11.6. The highest BCUT2D eigenvalue weighted by Crippen LogP contribution is 2.07. The summed E-state index contributed by atoms with van der Waals surface area (Å²) < 4.78 is 0. The number of urea groups is 1. The number of hydrogen-bond acceptors (Lipinski definition) is 4. The lowest BCUT2D eigenvalue weighted by atomic mass is 10.3. The molecule has 2 rings (SSSR count). The van der Waals surface area contributed by atoms with Crippen molar-refractivity contribution in [3.05, 3.63) is 54.2 Å². The molecular weight excluding hydrogens is 254 g/mol. The van der Waals surface area contributed by atoms with Gasteiger partial charge >= 0.3 is 6.03 Å². The summed E-state index contributed by atoms with van der Waals surface area (Å²) in [7, 11) is 1.77. The van der Waals surface area contributed by atoms with E-state index in [0.717, 1.165) is 5.56 Å². The SMILES string of the molecule is CNc1ncccc1/C=N/NC(=O)Nc1ccccc1. The van der Waals surface area contributed by atoms with Gasteiger partial charge in [0.25, 0.3) is 0 Å². The third-order valence-corrected chi connectivity index (χ3v) is 2.48. The van der Waals surface area contributed by atoms with Gasteiger partial charge in [-0.3, -0.25) is 0 Å². The summed E-state index contributed by atoms with van der Waals surface area (Å²) in [5.74, 6) is 0.696. The van der Waals surface area contributed by atoms with Crippen LogP contribution in [-0.2, 0) is 0 Å². The molecule has 102 valence electrons. The van der Waals surface area contributed by atoms with Crippen molar-refractivity contribution in [2.45, 2.75) is 0 Å². The molecule has 0 aliphatic heterocycles. The summed E-state index contributed by atoms with van der Waals surface area (Å²) in [6, 6.07) is 12.4. The van der Waals surface area contributed by atoms with Gasteiger partial charge < -0.3 is 10.6 Å². The Morgan fingerprint density at radius 3 is 2.75 bits per heavy atom. The molecule has 1 aromatic carbocycles. The number of aromatic nitrogens is 1. The second kappa shape index (κ2) is 6.89. The Hall–Kier alpha value is -2.89. The maximum absolute atomic E-state index is 11.6. The molecule has 0 unspecified atom stereocenters. The number of para-hydroxylation sites is 1. The quantitative estimate of drug-likeness (QED) is 0.588. The zero-order chi connectivity index (χ0) is 14.2. The number of amides is 2. The molecule has 20 heavy (non-hydrogen) atoms. The van der Waals surface area contributed by atoms with Gasteiger partial charge in [0.15, 0.2) is 0 Å². The Kier molecular flexibility index (Phi) is 4.66. The van der Waals surface area contributed by atoms with Gasteiger partial charge in [0.1, 0.15) is 5.82 Å². The second-order valence-electron chi connectivity index (χ2n) is 3.88. The van der Waals surface area contributed by atoms with Gasteiger partial charge in [-0.05, 0) is 24.3 Å². The Balaban J connectivity index is 1.91. The largest absolute Gasteiger partial charge is 0.373 e. The van der Waals surface area contributed by atoms with E-state index in [1.165, 1.54) is 6.21 Å². The lowest BCUT2D eigenvalue weighted by Crippen LogP contribution is -2.24. The molecule has 0 aliphatic rings. The molecule has 6 nitrogen and oxygen atoms in total. The molecule has 0 spiro atoms. The highest BCUT2D eigenvalue weighted by Gasteiger charge is 2.00. The molecule has 1 heterocycles. The molecular formula is C14H15N5O. The first kappa shape index (κ1) is 13.5. The van der Waals surface area contributed by atoms with Crippen molar-refractivity contribution in [1.29, 1.82) is 0 Å². The van der Waals surface area contributed by atoms with Gasteiger partial charge in [-0.2, -0.15) is 5.10 Å². The molecule has 6 heteroatoms. The number of hydrogen-bond donors (Lipinski definition) is 3. The van der Waals surface area contributed by atoms with Crippen LogP contribution < -0.4 is 16.1 Å². The van der Waals surface area contributed by atoms with E-state index in [1.54, 1.807) is 31.4 Å². The van der Waals surface area contributed by atoms with E-state index in [2.05, 4.69) is 26.1 Å². The zero-order valence-electron chi connectivity index (χ0n) is 11.0. The molecule has 0 saturated carbocycles. The highest BCUT2D eigenvalue weighted by molar-refractivity contribution is 5.91. The van der Waals surface area contributed by atoms with Crippen LogP contribution in [0.3, 0.4) is 0 Å². The number of benzene rings is 1. The Morgan fingerprint density at radius 1 is 1.20 bits per heavy atom. The topological polar surface area (TPSA) is 78.4 Å². The molecule has 3 N–H and O–H groups in total. The molecule has 1 aromatic heterocycles. The molecule has 0 saturated heterocycles. The molecule has 0 radical (unpaired) electrons. The molecule has 2 aromatic rings. The van der Waals surface area contributed by atoms with Crippen LogP contribution >= 0.6 is 0 Å². The van der Waals surface area contributed by atoms with E-state index < -0.39 is 6.03 Å². The number of nitrogens with one attached hydrogen (secondary N) is 3. The predicted molar refractivity (Wildman–Crippen MR) is 80.0 cm³/mol. The molecule has 0 bridgehead atoms. The van der Waals surface area contributed by atoms with Gasteiger partial charge in [-0.1, -0.05) is 18.2 Å². The first-order chi connectivity index (χ1) is 9.79. The minimum atomic E-state index is -0.401. The second-order valence-corrected chi connectivity index (χ2v) is 3.88. The smallest absolute Gasteiger partial charge is 0.339 e. The Labute approximate surface area is 116 Å². The van der Waals surface area contributed by atoms with Crippen LogP contribution in [0.15, 0.2) is 53.8 Å². The fourth-order valence-electron chi connectivity index (χ4n) is 1.57. The molecule has 0 fully saturated rings. The van der Waals surface area contributed by atoms with Crippen molar-refractivity contribution in [3.63, 3.8) is 0 Å². The van der Waals surface area contributed by atoms with Crippen molar-refractivity contribution in [2.75, 3.05) is 17.7 Å². The number of rotatable bonds is 4. The van der Waals surface area contributed by atoms with Crippen molar-refractivity contribution >= 4 is 23.8 Å². The van der Waals surface area contributed by atoms with Gasteiger partial charge in [0.2, 0.25) is 0 Å². The fraction of sp³-hybridized carbons (Fsp3) is 0.0714.